The summed E-state index contributed by atoms with van der Waals surface area (Å²) in [6, 6.07) is 1.23. The molecule has 0 heterocycles. The van der Waals surface area contributed by atoms with Crippen molar-refractivity contribution in [2.24, 2.45) is 40.4 Å². The van der Waals surface area contributed by atoms with E-state index >= 15 is 0 Å². The van der Waals surface area contributed by atoms with Crippen LogP contribution in [0.15, 0.2) is 12.2 Å². The number of rotatable bonds is 4. The number of aliphatic hydroxyl groups excluding tert-OH is 1. The average Bonchev–Trinajstić information content (AvgIpc) is 2.98. The van der Waals surface area contributed by atoms with Gasteiger partial charge in [0.1, 0.15) is 0 Å². The van der Waals surface area contributed by atoms with Gasteiger partial charge in [-0.25, -0.2) is 0 Å². The van der Waals surface area contributed by atoms with Crippen molar-refractivity contribution >= 4 is 8.07 Å². The van der Waals surface area contributed by atoms with Gasteiger partial charge in [0.15, 0.2) is 0 Å². The summed E-state index contributed by atoms with van der Waals surface area (Å²) in [5.74, 6) is 3.49. The summed E-state index contributed by atoms with van der Waals surface area (Å²) in [5.41, 5.74) is 0.0830. The second kappa shape index (κ2) is 7.20. The highest BCUT2D eigenvalue weighted by Crippen LogP contribution is 2.68. The quantitative estimate of drug-likeness (QED) is 0.418. The molecule has 2 N–H and O–H groups in total. The summed E-state index contributed by atoms with van der Waals surface area (Å²) in [6.07, 6.45) is 14.0. The maximum Gasteiger partial charge on any atom is 0.0724 e. The van der Waals surface area contributed by atoms with E-state index in [1.54, 1.807) is 0 Å². The van der Waals surface area contributed by atoms with Crippen LogP contribution in [0.4, 0.5) is 0 Å². The fourth-order valence-corrected chi connectivity index (χ4v) is 9.87. The van der Waals surface area contributed by atoms with E-state index in [9.17, 15) is 10.2 Å². The van der Waals surface area contributed by atoms with Crippen LogP contribution in [0.2, 0.25) is 25.7 Å². The van der Waals surface area contributed by atoms with Gasteiger partial charge in [0.05, 0.1) is 11.7 Å². The summed E-state index contributed by atoms with van der Waals surface area (Å²) in [5, 5.41) is 21.8. The molecule has 0 bridgehead atoms. The standard InChI is InChI=1S/C26H46O2Si/c1-24-13-11-19(27)17-18(24)7-8-20-21-9-10-23(25(21,2)14-12-22(20)24)26(3,28)15-16-29(4,5)6/h11,13,18-23,27-28H,7-10,12,14-17H2,1-6H3/t18?,19?,20-,21-,22-,23-,24-,25-,26?/m0/s1. The smallest absolute Gasteiger partial charge is 0.0724 e. The highest BCUT2D eigenvalue weighted by Gasteiger charge is 2.61. The Morgan fingerprint density at radius 1 is 1.03 bits per heavy atom. The Hall–Kier alpha value is -0.123. The van der Waals surface area contributed by atoms with Crippen molar-refractivity contribution in [3.05, 3.63) is 12.2 Å². The number of hydrogen-bond acceptors (Lipinski definition) is 2. The fraction of sp³-hybridized carbons (Fsp3) is 0.923. The maximum absolute atomic E-state index is 11.6. The topological polar surface area (TPSA) is 40.5 Å². The molecule has 3 unspecified atom stereocenters. The van der Waals surface area contributed by atoms with Crippen molar-refractivity contribution in [1.29, 1.82) is 0 Å². The second-order valence-electron chi connectivity index (χ2n) is 13.3. The third kappa shape index (κ3) is 3.72. The van der Waals surface area contributed by atoms with Gasteiger partial charge in [0, 0.05) is 8.07 Å². The molecule has 0 aromatic rings. The van der Waals surface area contributed by atoms with Gasteiger partial charge in [-0.3, -0.25) is 0 Å². The van der Waals surface area contributed by atoms with Gasteiger partial charge in [0.25, 0.3) is 0 Å². The van der Waals surface area contributed by atoms with Gasteiger partial charge >= 0.3 is 0 Å². The Morgan fingerprint density at radius 3 is 2.45 bits per heavy atom. The van der Waals surface area contributed by atoms with Crippen LogP contribution in [0.1, 0.15) is 72.1 Å². The predicted octanol–water partition coefficient (Wildman–Crippen LogP) is 6.26. The molecule has 29 heavy (non-hydrogen) atoms. The number of fused-ring (bicyclic) bond motifs is 5. The van der Waals surface area contributed by atoms with Crippen LogP contribution in [0.3, 0.4) is 0 Å². The Bertz CT molecular complexity index is 650. The van der Waals surface area contributed by atoms with Crippen molar-refractivity contribution in [2.45, 2.75) is 110 Å². The van der Waals surface area contributed by atoms with E-state index in [-0.39, 0.29) is 11.5 Å². The summed E-state index contributed by atoms with van der Waals surface area (Å²) >= 11 is 0. The monoisotopic (exact) mass is 418 g/mol. The molecule has 0 spiro atoms. The minimum absolute atomic E-state index is 0.226. The molecule has 3 fully saturated rings. The summed E-state index contributed by atoms with van der Waals surface area (Å²) in [6.45, 7) is 14.5. The zero-order valence-electron chi connectivity index (χ0n) is 19.9. The number of hydrogen-bond donors (Lipinski definition) is 2. The molecule has 0 radical (unpaired) electrons. The van der Waals surface area contributed by atoms with Crippen LogP contribution in [-0.2, 0) is 0 Å². The Kier molecular flexibility index (Phi) is 5.48. The van der Waals surface area contributed by atoms with Crippen LogP contribution in [-0.4, -0.2) is 30.0 Å². The normalized spacial score (nSPS) is 49.1. The lowest BCUT2D eigenvalue weighted by Crippen LogP contribution is -2.54. The molecule has 0 aromatic heterocycles. The van der Waals surface area contributed by atoms with Gasteiger partial charge < -0.3 is 10.2 Å². The predicted molar refractivity (Wildman–Crippen MR) is 125 cm³/mol. The fourth-order valence-electron chi connectivity index (χ4n) is 8.61. The number of aliphatic hydroxyl groups is 2. The van der Waals surface area contributed by atoms with E-state index in [1.807, 2.05) is 0 Å². The molecule has 0 aromatic carbocycles. The Labute approximate surface area is 180 Å². The molecular formula is C26H46O2Si. The summed E-state index contributed by atoms with van der Waals surface area (Å²) < 4.78 is 0. The van der Waals surface area contributed by atoms with Crippen molar-refractivity contribution in [1.82, 2.24) is 0 Å². The molecule has 3 saturated carbocycles. The molecule has 0 amide bonds. The van der Waals surface area contributed by atoms with Gasteiger partial charge in [-0.1, -0.05) is 51.7 Å². The Balaban J connectivity index is 1.55. The van der Waals surface area contributed by atoms with Gasteiger partial charge in [-0.15, -0.1) is 0 Å². The van der Waals surface area contributed by atoms with E-state index in [1.165, 1.54) is 44.6 Å². The second-order valence-corrected chi connectivity index (χ2v) is 18.9. The third-order valence-electron chi connectivity index (χ3n) is 10.3. The average molecular weight is 419 g/mol. The molecule has 2 nitrogen and oxygen atoms in total. The van der Waals surface area contributed by atoms with Crippen LogP contribution in [0.25, 0.3) is 0 Å². The minimum Gasteiger partial charge on any atom is -0.390 e. The van der Waals surface area contributed by atoms with E-state index in [0.717, 1.165) is 30.6 Å². The molecule has 0 saturated heterocycles. The van der Waals surface area contributed by atoms with Gasteiger partial charge in [0.2, 0.25) is 0 Å². The molecule has 4 aliphatic carbocycles. The van der Waals surface area contributed by atoms with Crippen molar-refractivity contribution < 1.29 is 10.2 Å². The van der Waals surface area contributed by atoms with Crippen LogP contribution in [0, 0.1) is 40.4 Å². The van der Waals surface area contributed by atoms with E-state index in [4.69, 9.17) is 0 Å². The minimum atomic E-state index is -1.14. The first-order chi connectivity index (χ1) is 13.4. The largest absolute Gasteiger partial charge is 0.390 e. The lowest BCUT2D eigenvalue weighted by atomic mass is 9.45. The molecule has 4 aliphatic rings. The zero-order valence-corrected chi connectivity index (χ0v) is 20.9. The van der Waals surface area contributed by atoms with Crippen molar-refractivity contribution in [3.63, 3.8) is 0 Å². The molecule has 166 valence electrons. The SMILES string of the molecule is CC(O)(CC[Si](C)(C)C)[C@H]1CC[C@H]2[C@@H]3CCC4CC(O)C=C[C@]4(C)[C@H]3CC[C@]12C. The maximum atomic E-state index is 11.6. The number of allylic oxidation sites excluding steroid dienone is 1. The van der Waals surface area contributed by atoms with E-state index < -0.39 is 13.7 Å². The molecule has 3 heteroatoms. The third-order valence-corrected chi connectivity index (χ3v) is 12.0. The summed E-state index contributed by atoms with van der Waals surface area (Å²) in [7, 11) is -1.14. The molecule has 4 rings (SSSR count). The molecule has 0 aliphatic heterocycles. The highest BCUT2D eigenvalue weighted by atomic mass is 28.3. The lowest BCUT2D eigenvalue weighted by molar-refractivity contribution is -0.120. The van der Waals surface area contributed by atoms with Crippen LogP contribution in [0.5, 0.6) is 0 Å². The van der Waals surface area contributed by atoms with Gasteiger partial charge in [-0.2, -0.15) is 0 Å². The van der Waals surface area contributed by atoms with Crippen molar-refractivity contribution in [3.8, 4) is 0 Å². The first kappa shape index (κ1) is 22.1. The van der Waals surface area contributed by atoms with Crippen molar-refractivity contribution in [2.75, 3.05) is 0 Å². The van der Waals surface area contributed by atoms with E-state index in [0.29, 0.717) is 17.3 Å². The lowest BCUT2D eigenvalue weighted by Gasteiger charge is -2.60. The zero-order chi connectivity index (χ0) is 21.2. The van der Waals surface area contributed by atoms with Crippen LogP contribution < -0.4 is 0 Å². The van der Waals surface area contributed by atoms with Crippen LogP contribution >= 0.6 is 0 Å². The van der Waals surface area contributed by atoms with E-state index in [2.05, 4.69) is 52.6 Å². The van der Waals surface area contributed by atoms with Gasteiger partial charge in [-0.05, 0) is 98.7 Å². The molecule has 9 atom stereocenters. The Morgan fingerprint density at radius 2 is 1.76 bits per heavy atom. The summed E-state index contributed by atoms with van der Waals surface area (Å²) in [4.78, 5) is 0. The molecular weight excluding hydrogens is 372 g/mol. The first-order valence-electron chi connectivity index (χ1n) is 12.5. The first-order valence-corrected chi connectivity index (χ1v) is 16.2. The highest BCUT2D eigenvalue weighted by molar-refractivity contribution is 6.76.